The lowest BCUT2D eigenvalue weighted by Crippen LogP contribution is -2.32. The molecule has 1 aliphatic rings. The number of carbonyl (C=O) groups is 1. The summed E-state index contributed by atoms with van der Waals surface area (Å²) in [5, 5.41) is 10.3. The van der Waals surface area contributed by atoms with Crippen LogP contribution in [-0.2, 0) is 12.0 Å². The van der Waals surface area contributed by atoms with Gasteiger partial charge in [0.1, 0.15) is 9.88 Å². The third kappa shape index (κ3) is 3.58. The summed E-state index contributed by atoms with van der Waals surface area (Å²) in [4.78, 5) is 18.8. The highest BCUT2D eigenvalue weighted by Crippen LogP contribution is 2.30. The molecule has 1 aliphatic heterocycles. The number of thiazole rings is 1. The fourth-order valence-corrected chi connectivity index (χ4v) is 3.65. The van der Waals surface area contributed by atoms with E-state index in [9.17, 15) is 9.90 Å². The van der Waals surface area contributed by atoms with E-state index in [1.54, 1.807) is 0 Å². The van der Waals surface area contributed by atoms with Crippen molar-refractivity contribution in [1.82, 2.24) is 9.88 Å². The van der Waals surface area contributed by atoms with Crippen molar-refractivity contribution in [3.63, 3.8) is 0 Å². The third-order valence-corrected chi connectivity index (χ3v) is 4.84. The van der Waals surface area contributed by atoms with Gasteiger partial charge in [0, 0.05) is 5.41 Å². The predicted molar refractivity (Wildman–Crippen MR) is 81.4 cm³/mol. The molecule has 20 heavy (non-hydrogen) atoms. The molecule has 1 aromatic rings. The van der Waals surface area contributed by atoms with Gasteiger partial charge in [-0.25, -0.2) is 9.78 Å². The molecular formula is C15H24N2O2S. The number of nitrogens with zero attached hydrogens (tertiary/aromatic N) is 2. The highest BCUT2D eigenvalue weighted by molar-refractivity contribution is 7.13. The Balaban J connectivity index is 2.15. The lowest BCUT2D eigenvalue weighted by molar-refractivity contribution is 0.0699. The number of carboxylic acid groups (broad SMARTS) is 1. The summed E-state index contributed by atoms with van der Waals surface area (Å²) in [6.07, 6.45) is 2.45. The Bertz CT molecular complexity index is 483. The average Bonchev–Trinajstić information content (AvgIpc) is 2.76. The van der Waals surface area contributed by atoms with Crippen LogP contribution in [0.2, 0.25) is 0 Å². The zero-order chi connectivity index (χ0) is 14.9. The van der Waals surface area contributed by atoms with Gasteiger partial charge in [-0.2, -0.15) is 0 Å². The largest absolute Gasteiger partial charge is 0.477 e. The normalized spacial score (nSPS) is 18.4. The van der Waals surface area contributed by atoms with Gasteiger partial charge < -0.3 is 5.11 Å². The Kier molecular flexibility index (Phi) is 4.49. The van der Waals surface area contributed by atoms with Crippen LogP contribution in [0, 0.1) is 5.92 Å². The van der Waals surface area contributed by atoms with E-state index in [-0.39, 0.29) is 5.41 Å². The van der Waals surface area contributed by atoms with Crippen LogP contribution in [0.25, 0.3) is 0 Å². The average molecular weight is 296 g/mol. The second kappa shape index (κ2) is 5.82. The van der Waals surface area contributed by atoms with Crippen LogP contribution >= 0.6 is 11.3 Å². The summed E-state index contributed by atoms with van der Waals surface area (Å²) >= 11 is 1.34. The first-order valence-corrected chi connectivity index (χ1v) is 8.05. The molecule has 2 heterocycles. The number of hydrogen-bond acceptors (Lipinski definition) is 4. The molecule has 0 aromatic carbocycles. The van der Waals surface area contributed by atoms with Crippen molar-refractivity contribution < 1.29 is 9.90 Å². The number of likely N-dealkylation sites (tertiary alicyclic amines) is 1. The van der Waals surface area contributed by atoms with Crippen molar-refractivity contribution in [3.05, 3.63) is 15.6 Å². The number of carboxylic acids is 1. The van der Waals surface area contributed by atoms with E-state index in [4.69, 9.17) is 0 Å². The molecule has 1 N–H and O–H groups in total. The lowest BCUT2D eigenvalue weighted by Gasteiger charge is -2.29. The van der Waals surface area contributed by atoms with Gasteiger partial charge in [-0.15, -0.1) is 11.3 Å². The monoisotopic (exact) mass is 296 g/mol. The summed E-state index contributed by atoms with van der Waals surface area (Å²) in [7, 11) is 0. The summed E-state index contributed by atoms with van der Waals surface area (Å²) < 4.78 is 0. The van der Waals surface area contributed by atoms with E-state index in [2.05, 4.69) is 16.8 Å². The van der Waals surface area contributed by atoms with Crippen molar-refractivity contribution in [3.8, 4) is 0 Å². The summed E-state index contributed by atoms with van der Waals surface area (Å²) in [6.45, 7) is 11.3. The van der Waals surface area contributed by atoms with Gasteiger partial charge in [0.15, 0.2) is 0 Å². The van der Waals surface area contributed by atoms with Gasteiger partial charge in [0.05, 0.1) is 12.2 Å². The molecule has 0 radical (unpaired) electrons. The first kappa shape index (κ1) is 15.4. The van der Waals surface area contributed by atoms with E-state index in [1.165, 1.54) is 24.2 Å². The molecule has 0 bridgehead atoms. The standard InChI is InChI=1S/C15H24N2O2S/c1-10-5-7-17(8-6-10)9-11-16-13(15(2,3)4)12(20-11)14(18)19/h10H,5-9H2,1-4H3,(H,18,19). The van der Waals surface area contributed by atoms with Crippen LogP contribution in [0.4, 0.5) is 0 Å². The summed E-state index contributed by atoms with van der Waals surface area (Å²) in [5.74, 6) is -0.0480. The number of rotatable bonds is 3. The van der Waals surface area contributed by atoms with Crippen molar-refractivity contribution in [2.45, 2.75) is 52.5 Å². The lowest BCUT2D eigenvalue weighted by atomic mass is 9.91. The van der Waals surface area contributed by atoms with Gasteiger partial charge in [-0.1, -0.05) is 27.7 Å². The molecule has 0 amide bonds. The quantitative estimate of drug-likeness (QED) is 0.929. The first-order valence-electron chi connectivity index (χ1n) is 7.23. The number of hydrogen-bond donors (Lipinski definition) is 1. The number of piperidine rings is 1. The Morgan fingerprint density at radius 3 is 2.45 bits per heavy atom. The SMILES string of the molecule is CC1CCN(Cc2nc(C(C)(C)C)c(C(=O)O)s2)CC1. The van der Waals surface area contributed by atoms with Crippen LogP contribution in [0.1, 0.15) is 60.9 Å². The van der Waals surface area contributed by atoms with Crippen molar-refractivity contribution in [2.75, 3.05) is 13.1 Å². The Labute approximate surface area is 124 Å². The molecule has 112 valence electrons. The van der Waals surface area contributed by atoms with Gasteiger partial charge in [-0.3, -0.25) is 4.90 Å². The minimum Gasteiger partial charge on any atom is -0.477 e. The first-order chi connectivity index (χ1) is 9.27. The molecule has 0 unspecified atom stereocenters. The highest BCUT2D eigenvalue weighted by atomic mass is 32.1. The van der Waals surface area contributed by atoms with Crippen molar-refractivity contribution in [1.29, 1.82) is 0 Å². The molecule has 5 heteroatoms. The Morgan fingerprint density at radius 2 is 2.00 bits per heavy atom. The van der Waals surface area contributed by atoms with Crippen molar-refractivity contribution in [2.24, 2.45) is 5.92 Å². The Hall–Kier alpha value is -0.940. The fraction of sp³-hybridized carbons (Fsp3) is 0.733. The molecule has 0 atom stereocenters. The van der Waals surface area contributed by atoms with E-state index >= 15 is 0 Å². The van der Waals surface area contributed by atoms with Gasteiger partial charge in [0.25, 0.3) is 0 Å². The van der Waals surface area contributed by atoms with Crippen molar-refractivity contribution >= 4 is 17.3 Å². The molecule has 1 fully saturated rings. The predicted octanol–water partition coefficient (Wildman–Crippen LogP) is 3.37. The molecule has 0 saturated carbocycles. The zero-order valence-electron chi connectivity index (χ0n) is 12.8. The molecule has 4 nitrogen and oxygen atoms in total. The maximum absolute atomic E-state index is 11.4. The maximum Gasteiger partial charge on any atom is 0.347 e. The Morgan fingerprint density at radius 1 is 1.40 bits per heavy atom. The summed E-state index contributed by atoms with van der Waals surface area (Å²) in [5.41, 5.74) is 0.495. The second-order valence-electron chi connectivity index (χ2n) is 6.80. The molecule has 0 aliphatic carbocycles. The van der Waals surface area contributed by atoms with Crippen LogP contribution in [0.15, 0.2) is 0 Å². The van der Waals surface area contributed by atoms with Crippen LogP contribution in [0.3, 0.4) is 0 Å². The van der Waals surface area contributed by atoms with Crippen LogP contribution < -0.4 is 0 Å². The number of aromatic nitrogens is 1. The third-order valence-electron chi connectivity index (χ3n) is 3.81. The maximum atomic E-state index is 11.4. The van der Waals surface area contributed by atoms with Gasteiger partial charge >= 0.3 is 5.97 Å². The van der Waals surface area contributed by atoms with Crippen LogP contribution in [-0.4, -0.2) is 34.0 Å². The van der Waals surface area contributed by atoms with Gasteiger partial charge in [-0.05, 0) is 31.8 Å². The minimum atomic E-state index is -0.856. The smallest absolute Gasteiger partial charge is 0.347 e. The fourth-order valence-electron chi connectivity index (χ4n) is 2.50. The topological polar surface area (TPSA) is 53.4 Å². The van der Waals surface area contributed by atoms with E-state index in [0.717, 1.165) is 36.3 Å². The van der Waals surface area contributed by atoms with Gasteiger partial charge in [0.2, 0.25) is 0 Å². The highest BCUT2D eigenvalue weighted by Gasteiger charge is 2.27. The van der Waals surface area contributed by atoms with E-state index in [0.29, 0.717) is 4.88 Å². The molecule has 1 aromatic heterocycles. The minimum absolute atomic E-state index is 0.223. The molecule has 1 saturated heterocycles. The zero-order valence-corrected chi connectivity index (χ0v) is 13.6. The summed E-state index contributed by atoms with van der Waals surface area (Å²) in [6, 6.07) is 0. The van der Waals surface area contributed by atoms with E-state index in [1.807, 2.05) is 20.8 Å². The number of aromatic carboxylic acids is 1. The molecular weight excluding hydrogens is 272 g/mol. The molecule has 2 rings (SSSR count). The van der Waals surface area contributed by atoms with E-state index < -0.39 is 5.97 Å². The molecule has 0 spiro atoms. The second-order valence-corrected chi connectivity index (χ2v) is 7.88. The van der Waals surface area contributed by atoms with Crippen LogP contribution in [0.5, 0.6) is 0 Å².